The van der Waals surface area contributed by atoms with E-state index in [-0.39, 0.29) is 24.5 Å². The third-order valence-electron chi connectivity index (χ3n) is 3.70. The maximum atomic E-state index is 12.8. The molecular formula is C18H17FN2O3. The minimum atomic E-state index is -0.894. The number of fused-ring (bicyclic) bond motifs is 1. The van der Waals surface area contributed by atoms with Crippen molar-refractivity contribution in [3.63, 3.8) is 0 Å². The van der Waals surface area contributed by atoms with Gasteiger partial charge in [0.1, 0.15) is 30.1 Å². The second kappa shape index (κ2) is 6.80. The molecule has 3 rings (SSSR count). The molecule has 1 heterocycles. The largest absolute Gasteiger partial charge is 0.491 e. The molecule has 5 nitrogen and oxygen atoms in total. The van der Waals surface area contributed by atoms with Gasteiger partial charge in [-0.05, 0) is 43.3 Å². The zero-order chi connectivity index (χ0) is 17.1. The van der Waals surface area contributed by atoms with Gasteiger partial charge in [-0.1, -0.05) is 12.1 Å². The van der Waals surface area contributed by atoms with Gasteiger partial charge in [0.25, 0.3) is 5.56 Å². The molecule has 0 radical (unpaired) electrons. The summed E-state index contributed by atoms with van der Waals surface area (Å²) < 4.78 is 19.7. The monoisotopic (exact) mass is 328 g/mol. The lowest BCUT2D eigenvalue weighted by Gasteiger charge is -2.16. The van der Waals surface area contributed by atoms with Crippen LogP contribution in [0, 0.1) is 12.7 Å². The molecule has 0 fully saturated rings. The molecular weight excluding hydrogens is 311 g/mol. The first-order valence-corrected chi connectivity index (χ1v) is 7.57. The van der Waals surface area contributed by atoms with Crippen LogP contribution >= 0.6 is 0 Å². The number of rotatable bonds is 5. The van der Waals surface area contributed by atoms with E-state index in [2.05, 4.69) is 4.98 Å². The molecule has 1 atom stereocenters. The van der Waals surface area contributed by atoms with E-state index in [1.807, 2.05) is 6.07 Å². The number of ether oxygens (including phenoxy) is 1. The summed E-state index contributed by atoms with van der Waals surface area (Å²) in [6, 6.07) is 12.6. The zero-order valence-corrected chi connectivity index (χ0v) is 13.1. The van der Waals surface area contributed by atoms with Gasteiger partial charge in [-0.25, -0.2) is 9.37 Å². The first-order valence-electron chi connectivity index (χ1n) is 7.57. The Morgan fingerprint density at radius 2 is 1.92 bits per heavy atom. The molecule has 0 aliphatic heterocycles. The number of para-hydroxylation sites is 1. The van der Waals surface area contributed by atoms with Crippen LogP contribution in [0.5, 0.6) is 5.75 Å². The molecule has 124 valence electrons. The number of hydrogen-bond donors (Lipinski definition) is 1. The van der Waals surface area contributed by atoms with E-state index in [1.54, 1.807) is 25.1 Å². The van der Waals surface area contributed by atoms with Crippen LogP contribution in [0.25, 0.3) is 10.9 Å². The van der Waals surface area contributed by atoms with Gasteiger partial charge in [0.15, 0.2) is 0 Å². The number of benzene rings is 2. The normalized spacial score (nSPS) is 12.3. The SMILES string of the molecule is Cc1nc2ccccc2c(=O)n1C[C@H](O)COc1ccc(F)cc1. The Balaban J connectivity index is 1.74. The number of aliphatic hydroxyl groups is 1. The van der Waals surface area contributed by atoms with E-state index in [1.165, 1.54) is 28.8 Å². The van der Waals surface area contributed by atoms with E-state index >= 15 is 0 Å². The third kappa shape index (κ3) is 3.44. The highest BCUT2D eigenvalue weighted by Gasteiger charge is 2.13. The molecule has 0 saturated carbocycles. The summed E-state index contributed by atoms with van der Waals surface area (Å²) in [5.74, 6) is 0.628. The smallest absolute Gasteiger partial charge is 0.261 e. The molecule has 0 amide bonds. The van der Waals surface area contributed by atoms with Crippen molar-refractivity contribution in [1.82, 2.24) is 9.55 Å². The highest BCUT2D eigenvalue weighted by atomic mass is 19.1. The lowest BCUT2D eigenvalue weighted by Crippen LogP contribution is -2.32. The summed E-state index contributed by atoms with van der Waals surface area (Å²) in [5.41, 5.74) is 0.437. The fourth-order valence-corrected chi connectivity index (χ4v) is 2.48. The van der Waals surface area contributed by atoms with Gasteiger partial charge in [-0.2, -0.15) is 0 Å². The first-order chi connectivity index (χ1) is 11.5. The van der Waals surface area contributed by atoms with Gasteiger partial charge < -0.3 is 9.84 Å². The third-order valence-corrected chi connectivity index (χ3v) is 3.70. The van der Waals surface area contributed by atoms with Crippen LogP contribution in [0.1, 0.15) is 5.82 Å². The molecule has 1 aromatic heterocycles. The molecule has 2 aromatic carbocycles. The quantitative estimate of drug-likeness (QED) is 0.780. The van der Waals surface area contributed by atoms with Crippen molar-refractivity contribution in [2.45, 2.75) is 19.6 Å². The highest BCUT2D eigenvalue weighted by molar-refractivity contribution is 5.77. The lowest BCUT2D eigenvalue weighted by atomic mass is 10.2. The Bertz CT molecular complexity index is 906. The molecule has 0 aliphatic rings. The van der Waals surface area contributed by atoms with Crippen LogP contribution in [0.15, 0.2) is 53.3 Å². The Labute approximate surface area is 138 Å². The van der Waals surface area contributed by atoms with Gasteiger partial charge in [0.2, 0.25) is 0 Å². The van der Waals surface area contributed by atoms with E-state index in [0.717, 1.165) is 0 Å². The minimum Gasteiger partial charge on any atom is -0.491 e. The summed E-state index contributed by atoms with van der Waals surface area (Å²) in [6.45, 7) is 1.79. The molecule has 0 saturated heterocycles. The second-order valence-corrected chi connectivity index (χ2v) is 5.51. The van der Waals surface area contributed by atoms with Crippen molar-refractivity contribution in [1.29, 1.82) is 0 Å². The molecule has 0 bridgehead atoms. The predicted molar refractivity (Wildman–Crippen MR) is 88.6 cm³/mol. The number of aliphatic hydroxyl groups excluding tert-OH is 1. The molecule has 24 heavy (non-hydrogen) atoms. The first kappa shape index (κ1) is 16.1. The summed E-state index contributed by atoms with van der Waals surface area (Å²) in [6.07, 6.45) is -0.894. The van der Waals surface area contributed by atoms with Gasteiger partial charge in [0, 0.05) is 0 Å². The predicted octanol–water partition coefficient (Wildman–Crippen LogP) is 2.28. The highest BCUT2D eigenvalue weighted by Crippen LogP contribution is 2.12. The van der Waals surface area contributed by atoms with Crippen LogP contribution in [0.4, 0.5) is 4.39 Å². The molecule has 3 aromatic rings. The molecule has 0 aliphatic carbocycles. The maximum absolute atomic E-state index is 12.8. The summed E-state index contributed by atoms with van der Waals surface area (Å²) >= 11 is 0. The summed E-state index contributed by atoms with van der Waals surface area (Å²) in [7, 11) is 0. The van der Waals surface area contributed by atoms with E-state index in [9.17, 15) is 14.3 Å². The number of hydrogen-bond acceptors (Lipinski definition) is 4. The van der Waals surface area contributed by atoms with Gasteiger partial charge in [0.05, 0.1) is 17.4 Å². The standard InChI is InChI=1S/C18H17FN2O3/c1-12-20-17-5-3-2-4-16(17)18(23)21(12)10-14(22)11-24-15-8-6-13(19)7-9-15/h2-9,14,22H,10-11H2,1H3/t14-/m0/s1. The van der Waals surface area contributed by atoms with Crippen molar-refractivity contribution >= 4 is 10.9 Å². The minimum absolute atomic E-state index is 0.00958. The molecule has 0 unspecified atom stereocenters. The fourth-order valence-electron chi connectivity index (χ4n) is 2.48. The van der Waals surface area contributed by atoms with Crippen molar-refractivity contribution in [2.75, 3.05) is 6.61 Å². The lowest BCUT2D eigenvalue weighted by molar-refractivity contribution is 0.0908. The number of nitrogens with zero attached hydrogens (tertiary/aromatic N) is 2. The zero-order valence-electron chi connectivity index (χ0n) is 13.1. The maximum Gasteiger partial charge on any atom is 0.261 e. The summed E-state index contributed by atoms with van der Waals surface area (Å²) in [5, 5.41) is 10.7. The van der Waals surface area contributed by atoms with Gasteiger partial charge in [-0.15, -0.1) is 0 Å². The second-order valence-electron chi connectivity index (χ2n) is 5.51. The average Bonchev–Trinajstić information content (AvgIpc) is 2.58. The van der Waals surface area contributed by atoms with E-state index < -0.39 is 6.10 Å². The fraction of sp³-hybridized carbons (Fsp3) is 0.222. The van der Waals surface area contributed by atoms with Crippen molar-refractivity contribution < 1.29 is 14.2 Å². The van der Waals surface area contributed by atoms with E-state index in [4.69, 9.17) is 4.74 Å². The Morgan fingerprint density at radius 3 is 2.67 bits per heavy atom. The topological polar surface area (TPSA) is 64.4 Å². The van der Waals surface area contributed by atoms with E-state index in [0.29, 0.717) is 22.5 Å². The van der Waals surface area contributed by atoms with Crippen LogP contribution in [0.3, 0.4) is 0 Å². The Morgan fingerprint density at radius 1 is 1.21 bits per heavy atom. The van der Waals surface area contributed by atoms with Crippen molar-refractivity contribution in [3.05, 3.63) is 70.5 Å². The van der Waals surface area contributed by atoms with Crippen LogP contribution in [0.2, 0.25) is 0 Å². The Kier molecular flexibility index (Phi) is 4.57. The van der Waals surface area contributed by atoms with Crippen LogP contribution < -0.4 is 10.3 Å². The van der Waals surface area contributed by atoms with Gasteiger partial charge in [-0.3, -0.25) is 9.36 Å². The number of halogens is 1. The number of aromatic nitrogens is 2. The average molecular weight is 328 g/mol. The molecule has 1 N–H and O–H groups in total. The Hall–Kier alpha value is -2.73. The van der Waals surface area contributed by atoms with Crippen molar-refractivity contribution in [2.24, 2.45) is 0 Å². The number of aryl methyl sites for hydroxylation is 1. The molecule has 0 spiro atoms. The van der Waals surface area contributed by atoms with Crippen LogP contribution in [-0.4, -0.2) is 27.4 Å². The van der Waals surface area contributed by atoms with Crippen molar-refractivity contribution in [3.8, 4) is 5.75 Å². The summed E-state index contributed by atoms with van der Waals surface area (Å²) in [4.78, 5) is 16.9. The molecule has 6 heteroatoms. The van der Waals surface area contributed by atoms with Gasteiger partial charge >= 0.3 is 0 Å². The van der Waals surface area contributed by atoms with Crippen LogP contribution in [-0.2, 0) is 6.54 Å².